The van der Waals surface area contributed by atoms with Crippen molar-refractivity contribution in [1.82, 2.24) is 15.5 Å². The average Bonchev–Trinajstić information content (AvgIpc) is 3.11. The van der Waals surface area contributed by atoms with Crippen molar-refractivity contribution in [3.8, 4) is 17.0 Å². The van der Waals surface area contributed by atoms with Gasteiger partial charge in [-0.1, -0.05) is 0 Å². The van der Waals surface area contributed by atoms with E-state index in [1.807, 2.05) is 37.4 Å². The molecule has 0 saturated carbocycles. The number of aliphatic imine (C=N–C) groups is 1. The third-order valence-corrected chi connectivity index (χ3v) is 3.02. The van der Waals surface area contributed by atoms with Crippen molar-refractivity contribution in [2.24, 2.45) is 4.99 Å². The number of aromatic nitrogens is 2. The molecule has 0 aliphatic carbocycles. The molecule has 5 nitrogen and oxygen atoms in total. The number of ether oxygens (including phenoxy) is 1. The van der Waals surface area contributed by atoms with Gasteiger partial charge in [-0.25, -0.2) is 0 Å². The van der Waals surface area contributed by atoms with Crippen LogP contribution in [-0.4, -0.2) is 35.7 Å². The molecule has 3 rings (SSSR count). The molecule has 2 heterocycles. The second-order valence-corrected chi connectivity index (χ2v) is 4.27. The second-order valence-electron chi connectivity index (χ2n) is 4.27. The Balaban J connectivity index is 0.00000147. The lowest BCUT2D eigenvalue weighted by molar-refractivity contribution is 0.340. The van der Waals surface area contributed by atoms with Crippen LogP contribution in [0.25, 0.3) is 11.3 Å². The first kappa shape index (κ1) is 14.6. The molecule has 0 fully saturated rings. The molecule has 2 aromatic rings. The number of halogens is 1. The van der Waals surface area contributed by atoms with Gasteiger partial charge in [0, 0.05) is 12.1 Å². The van der Waals surface area contributed by atoms with Crippen LogP contribution in [0.4, 0.5) is 0 Å². The number of benzene rings is 1. The number of aromatic amines is 1. The fourth-order valence-electron chi connectivity index (χ4n) is 2.15. The largest absolute Gasteiger partial charge is 0.494 e. The van der Waals surface area contributed by atoms with Crippen molar-refractivity contribution in [3.05, 3.63) is 36.0 Å². The van der Waals surface area contributed by atoms with Gasteiger partial charge in [-0.2, -0.15) is 5.10 Å². The van der Waals surface area contributed by atoms with Crippen LogP contribution in [0.2, 0.25) is 0 Å². The van der Waals surface area contributed by atoms with Gasteiger partial charge in [0.2, 0.25) is 0 Å². The highest BCUT2D eigenvalue weighted by molar-refractivity contribution is 8.93. The van der Waals surface area contributed by atoms with Crippen molar-refractivity contribution >= 4 is 22.8 Å². The minimum Gasteiger partial charge on any atom is -0.494 e. The summed E-state index contributed by atoms with van der Waals surface area (Å²) in [6.45, 7) is 4.37. The molecule has 1 aromatic carbocycles. The molecule has 0 spiro atoms. The zero-order valence-electron chi connectivity index (χ0n) is 11.2. The Kier molecular flexibility index (Phi) is 4.79. The molecule has 1 aliphatic rings. The molecule has 0 atom stereocenters. The van der Waals surface area contributed by atoms with E-state index in [9.17, 15) is 0 Å². The predicted octanol–water partition coefficient (Wildman–Crippen LogP) is 2.40. The van der Waals surface area contributed by atoms with E-state index in [-0.39, 0.29) is 17.0 Å². The first-order valence-electron chi connectivity index (χ1n) is 6.44. The van der Waals surface area contributed by atoms with Crippen LogP contribution in [0.15, 0.2) is 35.5 Å². The quantitative estimate of drug-likeness (QED) is 0.901. The number of amidine groups is 1. The monoisotopic (exact) mass is 336 g/mol. The fourth-order valence-corrected chi connectivity index (χ4v) is 2.15. The van der Waals surface area contributed by atoms with E-state index in [1.54, 1.807) is 0 Å². The summed E-state index contributed by atoms with van der Waals surface area (Å²) >= 11 is 0. The third-order valence-electron chi connectivity index (χ3n) is 3.02. The molecule has 0 bridgehead atoms. The second kappa shape index (κ2) is 6.56. The van der Waals surface area contributed by atoms with E-state index in [0.29, 0.717) is 6.61 Å². The Morgan fingerprint density at radius 2 is 2.05 bits per heavy atom. The van der Waals surface area contributed by atoms with Gasteiger partial charge >= 0.3 is 0 Å². The smallest absolute Gasteiger partial charge is 0.132 e. The SMILES string of the molecule is Br.CCOc1ccc(-c2[nH]ncc2C2=NCCN2)cc1. The molecule has 20 heavy (non-hydrogen) atoms. The van der Waals surface area contributed by atoms with E-state index in [1.165, 1.54) is 0 Å². The number of hydrogen-bond acceptors (Lipinski definition) is 4. The number of nitrogens with zero attached hydrogens (tertiary/aromatic N) is 2. The number of H-pyrrole nitrogens is 1. The molecule has 0 saturated heterocycles. The Bertz CT molecular complexity index is 591. The molecule has 1 aromatic heterocycles. The van der Waals surface area contributed by atoms with Gasteiger partial charge in [-0.3, -0.25) is 10.1 Å². The van der Waals surface area contributed by atoms with Crippen LogP contribution in [-0.2, 0) is 0 Å². The number of nitrogens with one attached hydrogen (secondary N) is 2. The van der Waals surface area contributed by atoms with Crippen molar-refractivity contribution in [2.45, 2.75) is 6.92 Å². The summed E-state index contributed by atoms with van der Waals surface area (Å²) in [5.41, 5.74) is 3.07. The van der Waals surface area contributed by atoms with Gasteiger partial charge in [0.25, 0.3) is 0 Å². The molecule has 106 valence electrons. The minimum absolute atomic E-state index is 0. The van der Waals surface area contributed by atoms with E-state index < -0.39 is 0 Å². The van der Waals surface area contributed by atoms with E-state index in [4.69, 9.17) is 4.74 Å². The predicted molar refractivity (Wildman–Crippen MR) is 84.9 cm³/mol. The lowest BCUT2D eigenvalue weighted by atomic mass is 10.1. The summed E-state index contributed by atoms with van der Waals surface area (Å²) in [5, 5.41) is 10.4. The first-order valence-corrected chi connectivity index (χ1v) is 6.44. The maximum Gasteiger partial charge on any atom is 0.132 e. The van der Waals surface area contributed by atoms with Gasteiger partial charge in [-0.05, 0) is 31.2 Å². The maximum atomic E-state index is 5.45. The van der Waals surface area contributed by atoms with Crippen LogP contribution in [0, 0.1) is 0 Å². The van der Waals surface area contributed by atoms with Crippen molar-refractivity contribution in [2.75, 3.05) is 19.7 Å². The van der Waals surface area contributed by atoms with Gasteiger partial charge in [0.15, 0.2) is 0 Å². The van der Waals surface area contributed by atoms with Gasteiger partial charge in [0.05, 0.1) is 30.6 Å². The highest BCUT2D eigenvalue weighted by Crippen LogP contribution is 2.24. The number of rotatable bonds is 4. The van der Waals surface area contributed by atoms with E-state index in [0.717, 1.165) is 41.5 Å². The van der Waals surface area contributed by atoms with E-state index in [2.05, 4.69) is 20.5 Å². The zero-order valence-corrected chi connectivity index (χ0v) is 12.9. The summed E-state index contributed by atoms with van der Waals surface area (Å²) in [5.74, 6) is 1.79. The highest BCUT2D eigenvalue weighted by atomic mass is 79.9. The lowest BCUT2D eigenvalue weighted by Gasteiger charge is -2.06. The Hall–Kier alpha value is -1.82. The van der Waals surface area contributed by atoms with Crippen molar-refractivity contribution < 1.29 is 4.74 Å². The summed E-state index contributed by atoms with van der Waals surface area (Å²) in [7, 11) is 0. The molecule has 2 N–H and O–H groups in total. The van der Waals surface area contributed by atoms with Crippen LogP contribution >= 0.6 is 17.0 Å². The minimum atomic E-state index is 0. The normalized spacial score (nSPS) is 13.3. The molecule has 0 amide bonds. The topological polar surface area (TPSA) is 62.3 Å². The average molecular weight is 337 g/mol. The summed E-state index contributed by atoms with van der Waals surface area (Å²) in [4.78, 5) is 4.43. The zero-order chi connectivity index (χ0) is 13.1. The van der Waals surface area contributed by atoms with Crippen LogP contribution in [0.5, 0.6) is 5.75 Å². The lowest BCUT2D eigenvalue weighted by Crippen LogP contribution is -2.19. The molecular weight excluding hydrogens is 320 g/mol. The summed E-state index contributed by atoms with van der Waals surface area (Å²) in [6, 6.07) is 7.98. The Morgan fingerprint density at radius 1 is 1.25 bits per heavy atom. The fraction of sp³-hybridized carbons (Fsp3) is 0.286. The molecular formula is C14H17BrN4O. The van der Waals surface area contributed by atoms with Crippen LogP contribution in [0.3, 0.4) is 0 Å². The van der Waals surface area contributed by atoms with Crippen molar-refractivity contribution in [1.29, 1.82) is 0 Å². The van der Waals surface area contributed by atoms with Crippen molar-refractivity contribution in [3.63, 3.8) is 0 Å². The van der Waals surface area contributed by atoms with Crippen LogP contribution in [0.1, 0.15) is 12.5 Å². The molecule has 1 aliphatic heterocycles. The maximum absolute atomic E-state index is 5.45. The Morgan fingerprint density at radius 3 is 2.70 bits per heavy atom. The van der Waals surface area contributed by atoms with E-state index >= 15 is 0 Å². The molecule has 6 heteroatoms. The van der Waals surface area contributed by atoms with Gasteiger partial charge in [-0.15, -0.1) is 17.0 Å². The molecule has 0 radical (unpaired) electrons. The summed E-state index contributed by atoms with van der Waals surface area (Å²) < 4.78 is 5.45. The highest BCUT2D eigenvalue weighted by Gasteiger charge is 2.15. The Labute approximate surface area is 128 Å². The first-order chi connectivity index (χ1) is 9.38. The summed E-state index contributed by atoms with van der Waals surface area (Å²) in [6.07, 6.45) is 1.81. The number of hydrogen-bond donors (Lipinski definition) is 2. The third kappa shape index (κ3) is 2.85. The van der Waals surface area contributed by atoms with Gasteiger partial charge < -0.3 is 10.1 Å². The molecule has 0 unspecified atom stereocenters. The van der Waals surface area contributed by atoms with Crippen LogP contribution < -0.4 is 10.1 Å². The standard InChI is InChI=1S/C14H16N4O.BrH/c1-2-19-11-5-3-10(4-6-11)13-12(9-17-18-13)14-15-7-8-16-14;/h3-6,9H,2,7-8H2,1H3,(H,15,16)(H,17,18);1H. The van der Waals surface area contributed by atoms with Gasteiger partial charge in [0.1, 0.15) is 11.6 Å².